The van der Waals surface area contributed by atoms with Crippen LogP contribution in [-0.4, -0.2) is 21.6 Å². The zero-order valence-electron chi connectivity index (χ0n) is 13.7. The van der Waals surface area contributed by atoms with E-state index < -0.39 is 6.04 Å². The Morgan fingerprint density at radius 3 is 2.62 bits per heavy atom. The first-order chi connectivity index (χ1) is 11.6. The predicted molar refractivity (Wildman–Crippen MR) is 93.2 cm³/mol. The molecular formula is C19H21N3O2. The van der Waals surface area contributed by atoms with E-state index in [0.29, 0.717) is 12.8 Å². The van der Waals surface area contributed by atoms with E-state index in [0.717, 1.165) is 22.4 Å². The number of benzene rings is 2. The molecule has 3 rings (SSSR count). The zero-order valence-corrected chi connectivity index (χ0v) is 13.7. The third kappa shape index (κ3) is 3.63. The second-order valence-electron chi connectivity index (χ2n) is 5.81. The number of rotatable bonds is 6. The molecule has 0 spiro atoms. The second-order valence-corrected chi connectivity index (χ2v) is 5.81. The van der Waals surface area contributed by atoms with E-state index in [9.17, 15) is 4.79 Å². The van der Waals surface area contributed by atoms with Gasteiger partial charge in [0.05, 0.1) is 11.0 Å². The molecule has 24 heavy (non-hydrogen) atoms. The molecule has 1 heterocycles. The van der Waals surface area contributed by atoms with Gasteiger partial charge in [-0.1, -0.05) is 42.5 Å². The molecule has 2 N–H and O–H groups in total. The summed E-state index contributed by atoms with van der Waals surface area (Å²) in [7, 11) is 1.98. The molecule has 0 aliphatic rings. The Hall–Kier alpha value is -2.66. The fraction of sp³-hybridized carbons (Fsp3) is 0.263. The smallest absolute Gasteiger partial charge is 0.323 e. The predicted octanol–water partition coefficient (Wildman–Crippen LogP) is 2.58. The number of carbonyl (C=O) groups is 1. The maximum absolute atomic E-state index is 12.0. The lowest BCUT2D eigenvalue weighted by Gasteiger charge is -2.11. The van der Waals surface area contributed by atoms with Crippen molar-refractivity contribution in [1.29, 1.82) is 0 Å². The fourth-order valence-electron chi connectivity index (χ4n) is 2.66. The van der Waals surface area contributed by atoms with Gasteiger partial charge >= 0.3 is 5.97 Å². The van der Waals surface area contributed by atoms with Gasteiger partial charge in [-0.2, -0.15) is 0 Å². The van der Waals surface area contributed by atoms with Crippen molar-refractivity contribution < 1.29 is 9.53 Å². The van der Waals surface area contributed by atoms with Gasteiger partial charge in [0.1, 0.15) is 18.5 Å². The minimum Gasteiger partial charge on any atom is -0.460 e. The molecular weight excluding hydrogens is 302 g/mol. The molecule has 124 valence electrons. The van der Waals surface area contributed by atoms with Crippen LogP contribution in [0.25, 0.3) is 11.0 Å². The molecule has 3 aromatic rings. The van der Waals surface area contributed by atoms with Crippen molar-refractivity contribution in [2.24, 2.45) is 12.8 Å². The fourth-order valence-corrected chi connectivity index (χ4v) is 2.66. The lowest BCUT2D eigenvalue weighted by molar-refractivity contribution is -0.146. The number of nitrogens with two attached hydrogens (primary N) is 1. The van der Waals surface area contributed by atoms with Crippen molar-refractivity contribution >= 4 is 17.0 Å². The number of para-hydroxylation sites is 2. The van der Waals surface area contributed by atoms with Gasteiger partial charge in [0.25, 0.3) is 0 Å². The van der Waals surface area contributed by atoms with E-state index >= 15 is 0 Å². The highest BCUT2D eigenvalue weighted by atomic mass is 16.5. The quantitative estimate of drug-likeness (QED) is 0.708. The summed E-state index contributed by atoms with van der Waals surface area (Å²) in [5.41, 5.74) is 8.94. The van der Waals surface area contributed by atoms with Gasteiger partial charge in [0.2, 0.25) is 0 Å². The molecule has 1 aromatic heterocycles. The van der Waals surface area contributed by atoms with Crippen LogP contribution in [-0.2, 0) is 29.6 Å². The molecule has 0 bridgehead atoms. The zero-order chi connectivity index (χ0) is 16.9. The highest BCUT2D eigenvalue weighted by Crippen LogP contribution is 2.15. The van der Waals surface area contributed by atoms with Crippen LogP contribution in [0, 0.1) is 0 Å². The van der Waals surface area contributed by atoms with Crippen molar-refractivity contribution in [2.45, 2.75) is 25.5 Å². The summed E-state index contributed by atoms with van der Waals surface area (Å²) in [5.74, 6) is 0.542. The molecule has 2 aromatic carbocycles. The Morgan fingerprint density at radius 1 is 1.17 bits per heavy atom. The van der Waals surface area contributed by atoms with Crippen molar-refractivity contribution in [3.05, 3.63) is 66.0 Å². The summed E-state index contributed by atoms with van der Waals surface area (Å²) in [4.78, 5) is 16.6. The molecule has 1 unspecified atom stereocenters. The minimum atomic E-state index is -0.645. The van der Waals surface area contributed by atoms with Gasteiger partial charge in [-0.25, -0.2) is 4.98 Å². The third-order valence-electron chi connectivity index (χ3n) is 4.09. The van der Waals surface area contributed by atoms with Crippen molar-refractivity contribution in [2.75, 3.05) is 0 Å². The van der Waals surface area contributed by atoms with Crippen molar-refractivity contribution in [3.8, 4) is 0 Å². The molecule has 0 fully saturated rings. The lowest BCUT2D eigenvalue weighted by Crippen LogP contribution is -2.32. The average Bonchev–Trinajstić information content (AvgIpc) is 2.95. The maximum Gasteiger partial charge on any atom is 0.323 e. The lowest BCUT2D eigenvalue weighted by atomic mass is 10.1. The number of imidazole rings is 1. The Labute approximate surface area is 141 Å². The largest absolute Gasteiger partial charge is 0.460 e. The van der Waals surface area contributed by atoms with Crippen LogP contribution in [0.4, 0.5) is 0 Å². The molecule has 5 heteroatoms. The van der Waals surface area contributed by atoms with E-state index in [-0.39, 0.29) is 12.6 Å². The minimum absolute atomic E-state index is 0.250. The highest BCUT2D eigenvalue weighted by Gasteiger charge is 2.17. The number of nitrogens with zero attached hydrogens (tertiary/aromatic N) is 2. The summed E-state index contributed by atoms with van der Waals surface area (Å²) in [6.45, 7) is 0.250. The molecule has 0 radical (unpaired) electrons. The van der Waals surface area contributed by atoms with Crippen LogP contribution in [0.2, 0.25) is 0 Å². The number of carbonyl (C=O) groups excluding carboxylic acids is 1. The SMILES string of the molecule is Cn1c(CCC(N)C(=O)OCc2ccccc2)nc2ccccc21. The average molecular weight is 323 g/mol. The van der Waals surface area contributed by atoms with Gasteiger partial charge in [0, 0.05) is 13.5 Å². The summed E-state index contributed by atoms with van der Waals surface area (Å²) in [5, 5.41) is 0. The molecule has 0 amide bonds. The van der Waals surface area contributed by atoms with Crippen LogP contribution in [0.1, 0.15) is 17.8 Å². The van der Waals surface area contributed by atoms with E-state index in [4.69, 9.17) is 10.5 Å². The Balaban J connectivity index is 1.55. The molecule has 0 aliphatic carbocycles. The second kappa shape index (κ2) is 7.27. The number of esters is 1. The molecule has 0 aliphatic heterocycles. The Morgan fingerprint density at radius 2 is 1.88 bits per heavy atom. The van der Waals surface area contributed by atoms with Gasteiger partial charge in [-0.3, -0.25) is 4.79 Å². The summed E-state index contributed by atoms with van der Waals surface area (Å²) < 4.78 is 7.32. The van der Waals surface area contributed by atoms with Crippen LogP contribution in [0.3, 0.4) is 0 Å². The normalized spacial score (nSPS) is 12.2. The number of aryl methyl sites for hydroxylation is 2. The Bertz CT molecular complexity index is 827. The standard InChI is InChI=1S/C19H21N3O2/c1-22-17-10-6-5-9-16(17)21-18(22)12-11-15(20)19(23)24-13-14-7-3-2-4-8-14/h2-10,15H,11-13,20H2,1H3. The van der Waals surface area contributed by atoms with E-state index in [2.05, 4.69) is 4.98 Å². The summed E-state index contributed by atoms with van der Waals surface area (Å²) >= 11 is 0. The van der Waals surface area contributed by atoms with E-state index in [1.54, 1.807) is 0 Å². The molecule has 1 atom stereocenters. The van der Waals surface area contributed by atoms with Gasteiger partial charge < -0.3 is 15.0 Å². The first kappa shape index (κ1) is 16.2. The van der Waals surface area contributed by atoms with Gasteiger partial charge in [0.15, 0.2) is 0 Å². The van der Waals surface area contributed by atoms with Crippen LogP contribution in [0.15, 0.2) is 54.6 Å². The van der Waals surface area contributed by atoms with Crippen molar-refractivity contribution in [3.63, 3.8) is 0 Å². The third-order valence-corrected chi connectivity index (χ3v) is 4.09. The summed E-state index contributed by atoms with van der Waals surface area (Å²) in [6, 6.07) is 16.9. The number of ether oxygens (including phenoxy) is 1. The number of hydrogen-bond acceptors (Lipinski definition) is 4. The number of aromatic nitrogens is 2. The van der Waals surface area contributed by atoms with Gasteiger partial charge in [-0.15, -0.1) is 0 Å². The topological polar surface area (TPSA) is 70.1 Å². The van der Waals surface area contributed by atoms with Crippen LogP contribution < -0.4 is 5.73 Å². The van der Waals surface area contributed by atoms with Crippen LogP contribution >= 0.6 is 0 Å². The van der Waals surface area contributed by atoms with Gasteiger partial charge in [-0.05, 0) is 24.1 Å². The first-order valence-electron chi connectivity index (χ1n) is 8.01. The Kier molecular flexibility index (Phi) is 4.91. The molecule has 0 saturated carbocycles. The number of fused-ring (bicyclic) bond motifs is 1. The summed E-state index contributed by atoms with van der Waals surface area (Å²) in [6.07, 6.45) is 1.14. The van der Waals surface area contributed by atoms with Crippen LogP contribution in [0.5, 0.6) is 0 Å². The number of hydrogen-bond donors (Lipinski definition) is 1. The first-order valence-corrected chi connectivity index (χ1v) is 8.01. The van der Waals surface area contributed by atoms with Crippen molar-refractivity contribution in [1.82, 2.24) is 9.55 Å². The van der Waals surface area contributed by atoms with E-state index in [1.807, 2.05) is 66.2 Å². The molecule has 0 saturated heterocycles. The maximum atomic E-state index is 12.0. The van der Waals surface area contributed by atoms with E-state index in [1.165, 1.54) is 0 Å². The highest BCUT2D eigenvalue weighted by molar-refractivity contribution is 5.76. The molecule has 5 nitrogen and oxygen atoms in total. The monoisotopic (exact) mass is 323 g/mol.